The van der Waals surface area contributed by atoms with Crippen molar-refractivity contribution in [3.8, 4) is 11.1 Å². The number of nitrogens with one attached hydrogen (secondary N) is 1. The van der Waals surface area contributed by atoms with Crippen LogP contribution in [0.1, 0.15) is 15.9 Å². The maximum atomic E-state index is 12.7. The summed E-state index contributed by atoms with van der Waals surface area (Å²) in [4.78, 5) is 22.6. The molecule has 0 saturated heterocycles. The quantitative estimate of drug-likeness (QED) is 0.427. The highest BCUT2D eigenvalue weighted by Crippen LogP contribution is 2.28. The fourth-order valence-corrected chi connectivity index (χ4v) is 3.59. The van der Waals surface area contributed by atoms with Crippen molar-refractivity contribution in [1.82, 2.24) is 15.3 Å². The minimum Gasteiger partial charge on any atom is -0.348 e. The van der Waals surface area contributed by atoms with Crippen molar-refractivity contribution >= 4 is 40.2 Å². The van der Waals surface area contributed by atoms with Crippen molar-refractivity contribution in [2.24, 2.45) is 0 Å². The van der Waals surface area contributed by atoms with E-state index in [4.69, 9.17) is 11.6 Å². The molecule has 0 radical (unpaired) electrons. The van der Waals surface area contributed by atoms with Gasteiger partial charge in [-0.3, -0.25) is 14.8 Å². The number of rotatable bonds is 5. The predicted octanol–water partition coefficient (Wildman–Crippen LogP) is 5.60. The molecule has 4 rings (SSSR count). The van der Waals surface area contributed by atoms with Gasteiger partial charge in [-0.05, 0) is 47.7 Å². The van der Waals surface area contributed by atoms with Crippen molar-refractivity contribution in [1.29, 1.82) is 0 Å². The Morgan fingerprint density at radius 3 is 2.52 bits per heavy atom. The summed E-state index contributed by atoms with van der Waals surface area (Å²) >= 11 is 7.70. The molecule has 144 valence electrons. The summed E-state index contributed by atoms with van der Waals surface area (Å²) in [5.74, 6) is -0.160. The van der Waals surface area contributed by atoms with E-state index in [1.165, 1.54) is 4.90 Å². The van der Waals surface area contributed by atoms with Crippen LogP contribution in [-0.2, 0) is 6.54 Å². The van der Waals surface area contributed by atoms with E-state index in [1.807, 2.05) is 48.7 Å². The third-order valence-corrected chi connectivity index (χ3v) is 5.63. The molecule has 29 heavy (non-hydrogen) atoms. The van der Waals surface area contributed by atoms with E-state index in [1.54, 1.807) is 30.4 Å². The number of thioether (sulfide) groups is 1. The molecule has 0 bridgehead atoms. The molecule has 0 fully saturated rings. The molecular weight excluding hydrogens is 402 g/mol. The summed E-state index contributed by atoms with van der Waals surface area (Å²) in [6.45, 7) is 0.464. The van der Waals surface area contributed by atoms with Crippen LogP contribution >= 0.6 is 23.4 Å². The van der Waals surface area contributed by atoms with Crippen molar-refractivity contribution in [3.63, 3.8) is 0 Å². The first-order valence-corrected chi connectivity index (χ1v) is 10.6. The largest absolute Gasteiger partial charge is 0.348 e. The summed E-state index contributed by atoms with van der Waals surface area (Å²) in [6, 6.07) is 17.5. The average molecular weight is 420 g/mol. The molecule has 6 heteroatoms. The third-order valence-electron chi connectivity index (χ3n) is 4.64. The second kappa shape index (κ2) is 8.64. The molecule has 4 nitrogen and oxygen atoms in total. The van der Waals surface area contributed by atoms with Gasteiger partial charge in [0, 0.05) is 39.8 Å². The Kier molecular flexibility index (Phi) is 5.79. The minimum absolute atomic E-state index is 0.160. The highest BCUT2D eigenvalue weighted by Gasteiger charge is 2.11. The summed E-state index contributed by atoms with van der Waals surface area (Å²) in [7, 11) is 0. The van der Waals surface area contributed by atoms with Gasteiger partial charge in [-0.15, -0.1) is 11.8 Å². The number of carbonyl (C=O) groups is 1. The first-order chi connectivity index (χ1) is 14.1. The number of halogens is 1. The monoisotopic (exact) mass is 419 g/mol. The molecule has 0 unspecified atom stereocenters. The number of hydrogen-bond donors (Lipinski definition) is 1. The Balaban J connectivity index is 1.59. The van der Waals surface area contributed by atoms with Gasteiger partial charge in [-0.1, -0.05) is 35.9 Å². The Bertz CT molecular complexity index is 1160. The van der Waals surface area contributed by atoms with Gasteiger partial charge >= 0.3 is 0 Å². The molecule has 0 saturated carbocycles. The van der Waals surface area contributed by atoms with E-state index < -0.39 is 0 Å². The van der Waals surface area contributed by atoms with Crippen LogP contribution in [0.5, 0.6) is 0 Å². The Labute approximate surface area is 178 Å². The number of benzene rings is 2. The van der Waals surface area contributed by atoms with Gasteiger partial charge in [-0.2, -0.15) is 0 Å². The number of aromatic nitrogens is 2. The van der Waals surface area contributed by atoms with E-state index in [2.05, 4.69) is 27.4 Å². The molecular formula is C23H18ClN3OS. The van der Waals surface area contributed by atoms with Gasteiger partial charge < -0.3 is 5.32 Å². The fourth-order valence-electron chi connectivity index (χ4n) is 3.06. The molecule has 2 aromatic heterocycles. The zero-order valence-electron chi connectivity index (χ0n) is 15.7. The van der Waals surface area contributed by atoms with E-state index >= 15 is 0 Å². The van der Waals surface area contributed by atoms with Crippen LogP contribution in [0.4, 0.5) is 0 Å². The Morgan fingerprint density at radius 2 is 1.79 bits per heavy atom. The van der Waals surface area contributed by atoms with Crippen LogP contribution < -0.4 is 5.32 Å². The molecule has 0 aliphatic carbocycles. The van der Waals surface area contributed by atoms with Crippen LogP contribution in [-0.4, -0.2) is 22.1 Å². The van der Waals surface area contributed by atoms with E-state index in [-0.39, 0.29) is 5.91 Å². The Morgan fingerprint density at radius 1 is 1.03 bits per heavy atom. The Hall–Kier alpha value is -2.89. The van der Waals surface area contributed by atoms with Gasteiger partial charge in [-0.25, -0.2) is 0 Å². The maximum absolute atomic E-state index is 12.7. The molecule has 2 aromatic carbocycles. The predicted molar refractivity (Wildman–Crippen MR) is 119 cm³/mol. The lowest BCUT2D eigenvalue weighted by Crippen LogP contribution is -2.22. The SMILES string of the molecule is CSc1ccc(CNC(=O)c2cnc3cncc(-c4ccc(Cl)cc4)c3c2)cc1. The molecule has 0 spiro atoms. The molecule has 2 heterocycles. The second-order valence-corrected chi connectivity index (χ2v) is 7.83. The van der Waals surface area contributed by atoms with Gasteiger partial charge in [0.2, 0.25) is 0 Å². The molecule has 0 aliphatic rings. The normalized spacial score (nSPS) is 10.8. The molecule has 0 atom stereocenters. The average Bonchev–Trinajstić information content (AvgIpc) is 2.77. The maximum Gasteiger partial charge on any atom is 0.253 e. The summed E-state index contributed by atoms with van der Waals surface area (Å²) in [6.07, 6.45) is 7.10. The van der Waals surface area contributed by atoms with Crippen molar-refractivity contribution < 1.29 is 4.79 Å². The third kappa shape index (κ3) is 4.42. The van der Waals surface area contributed by atoms with Gasteiger partial charge in [0.1, 0.15) is 0 Å². The topological polar surface area (TPSA) is 54.9 Å². The lowest BCUT2D eigenvalue weighted by Gasteiger charge is -2.09. The van der Waals surface area contributed by atoms with E-state index in [0.717, 1.165) is 27.6 Å². The number of pyridine rings is 2. The molecule has 4 aromatic rings. The molecule has 1 amide bonds. The zero-order chi connectivity index (χ0) is 20.2. The smallest absolute Gasteiger partial charge is 0.253 e. The van der Waals surface area contributed by atoms with E-state index in [9.17, 15) is 4.79 Å². The van der Waals surface area contributed by atoms with Crippen LogP contribution in [0.15, 0.2) is 78.1 Å². The van der Waals surface area contributed by atoms with Crippen LogP contribution in [0.2, 0.25) is 5.02 Å². The number of carbonyl (C=O) groups excluding carboxylic acids is 1. The standard InChI is InChI=1S/C23H18ClN3OS/c1-29-19-8-2-15(3-9-19)11-27-23(28)17-10-20-21(13-25-14-22(20)26-12-17)16-4-6-18(24)7-5-16/h2-10,12-14H,11H2,1H3,(H,27,28). The van der Waals surface area contributed by atoms with Crippen LogP contribution in [0, 0.1) is 0 Å². The highest BCUT2D eigenvalue weighted by molar-refractivity contribution is 7.98. The molecule has 0 aliphatic heterocycles. The lowest BCUT2D eigenvalue weighted by molar-refractivity contribution is 0.0950. The first kappa shape index (κ1) is 19.4. The first-order valence-electron chi connectivity index (χ1n) is 9.05. The zero-order valence-corrected chi connectivity index (χ0v) is 17.3. The van der Waals surface area contributed by atoms with Crippen LogP contribution in [0.25, 0.3) is 22.0 Å². The van der Waals surface area contributed by atoms with Gasteiger partial charge in [0.25, 0.3) is 5.91 Å². The second-order valence-electron chi connectivity index (χ2n) is 6.52. The highest BCUT2D eigenvalue weighted by atomic mass is 35.5. The van der Waals surface area contributed by atoms with E-state index in [0.29, 0.717) is 17.1 Å². The van der Waals surface area contributed by atoms with Crippen molar-refractivity contribution in [3.05, 3.63) is 89.3 Å². The van der Waals surface area contributed by atoms with Gasteiger partial charge in [0.05, 0.1) is 17.3 Å². The summed E-state index contributed by atoms with van der Waals surface area (Å²) < 4.78 is 0. The number of hydrogen-bond acceptors (Lipinski definition) is 4. The van der Waals surface area contributed by atoms with Crippen molar-refractivity contribution in [2.75, 3.05) is 6.26 Å². The van der Waals surface area contributed by atoms with Gasteiger partial charge in [0.15, 0.2) is 0 Å². The summed E-state index contributed by atoms with van der Waals surface area (Å²) in [5.41, 5.74) is 4.19. The van der Waals surface area contributed by atoms with Crippen molar-refractivity contribution in [2.45, 2.75) is 11.4 Å². The summed E-state index contributed by atoms with van der Waals surface area (Å²) in [5, 5.41) is 4.51. The molecule has 1 N–H and O–H groups in total. The fraction of sp³-hybridized carbons (Fsp3) is 0.0870. The minimum atomic E-state index is -0.160. The number of nitrogens with zero attached hydrogens (tertiary/aromatic N) is 2. The number of amides is 1. The lowest BCUT2D eigenvalue weighted by atomic mass is 10.0. The van der Waals surface area contributed by atoms with Crippen LogP contribution in [0.3, 0.4) is 0 Å². The number of fused-ring (bicyclic) bond motifs is 1.